The summed E-state index contributed by atoms with van der Waals surface area (Å²) in [5, 5.41) is 9.49. The largest absolute Gasteiger partial charge is 0.478 e. The lowest BCUT2D eigenvalue weighted by molar-refractivity contribution is 0.0697. The molecule has 0 fully saturated rings. The van der Waals surface area contributed by atoms with Gasteiger partial charge in [0.1, 0.15) is 5.75 Å². The van der Waals surface area contributed by atoms with E-state index < -0.39 is 5.97 Å². The maximum atomic E-state index is 10.9. The number of hydrogen-bond acceptors (Lipinski definition) is 4. The highest BCUT2D eigenvalue weighted by molar-refractivity contribution is 7.20. The summed E-state index contributed by atoms with van der Waals surface area (Å²) in [6.45, 7) is 1.81. The van der Waals surface area contributed by atoms with Crippen LogP contribution in [0.3, 0.4) is 0 Å². The van der Waals surface area contributed by atoms with Crippen LogP contribution in [0.1, 0.15) is 15.9 Å². The normalized spacial score (nSPS) is 10.7. The molecular formula is C15H11NO3S. The van der Waals surface area contributed by atoms with E-state index in [0.29, 0.717) is 10.9 Å². The Morgan fingerprint density at radius 3 is 2.75 bits per heavy atom. The molecule has 0 aliphatic heterocycles. The van der Waals surface area contributed by atoms with Gasteiger partial charge in [-0.25, -0.2) is 9.78 Å². The van der Waals surface area contributed by atoms with Crippen molar-refractivity contribution in [3.8, 4) is 10.9 Å². The van der Waals surface area contributed by atoms with Gasteiger partial charge in [0.15, 0.2) is 0 Å². The summed E-state index contributed by atoms with van der Waals surface area (Å²) in [7, 11) is 0. The van der Waals surface area contributed by atoms with E-state index in [1.165, 1.54) is 17.4 Å². The minimum atomic E-state index is -0.945. The first-order valence-electron chi connectivity index (χ1n) is 6.01. The molecule has 0 bridgehead atoms. The van der Waals surface area contributed by atoms with E-state index in [4.69, 9.17) is 9.84 Å². The number of rotatable bonds is 3. The van der Waals surface area contributed by atoms with Crippen molar-refractivity contribution in [1.29, 1.82) is 0 Å². The van der Waals surface area contributed by atoms with Crippen molar-refractivity contribution in [2.75, 3.05) is 0 Å². The first-order valence-corrected chi connectivity index (χ1v) is 6.82. The fourth-order valence-corrected chi connectivity index (χ4v) is 2.71. The van der Waals surface area contributed by atoms with Gasteiger partial charge in [-0.2, -0.15) is 0 Å². The molecule has 0 unspecified atom stereocenters. The SMILES string of the molecule is Cc1cc(C(=O)O)ccc1Oc1nc2ccccc2s1. The van der Waals surface area contributed by atoms with Gasteiger partial charge in [-0.3, -0.25) is 0 Å². The zero-order valence-corrected chi connectivity index (χ0v) is 11.5. The standard InChI is InChI=1S/C15H11NO3S/c1-9-8-10(14(17)18)6-7-12(9)19-15-16-11-4-2-3-5-13(11)20-15/h2-8H,1H3,(H,17,18). The van der Waals surface area contributed by atoms with Crippen LogP contribution in [0.15, 0.2) is 42.5 Å². The van der Waals surface area contributed by atoms with Gasteiger partial charge in [-0.05, 0) is 42.8 Å². The second-order valence-corrected chi connectivity index (χ2v) is 5.33. The van der Waals surface area contributed by atoms with E-state index in [1.807, 2.05) is 31.2 Å². The van der Waals surface area contributed by atoms with Crippen LogP contribution < -0.4 is 4.74 Å². The van der Waals surface area contributed by atoms with Crippen molar-refractivity contribution in [2.24, 2.45) is 0 Å². The monoisotopic (exact) mass is 285 g/mol. The Labute approximate surface area is 119 Å². The fourth-order valence-electron chi connectivity index (χ4n) is 1.89. The molecule has 0 atom stereocenters. The lowest BCUT2D eigenvalue weighted by atomic mass is 10.1. The van der Waals surface area contributed by atoms with Crippen LogP contribution in [-0.2, 0) is 0 Å². The molecule has 20 heavy (non-hydrogen) atoms. The molecule has 0 spiro atoms. The number of thiazole rings is 1. The molecule has 0 saturated carbocycles. The van der Waals surface area contributed by atoms with Gasteiger partial charge in [0, 0.05) is 0 Å². The number of benzene rings is 2. The number of nitrogens with zero attached hydrogens (tertiary/aromatic N) is 1. The number of aryl methyl sites for hydroxylation is 1. The topological polar surface area (TPSA) is 59.4 Å². The minimum Gasteiger partial charge on any atom is -0.478 e. The lowest BCUT2D eigenvalue weighted by Gasteiger charge is -2.06. The fraction of sp³-hybridized carbons (Fsp3) is 0.0667. The van der Waals surface area contributed by atoms with E-state index in [-0.39, 0.29) is 5.56 Å². The summed E-state index contributed by atoms with van der Waals surface area (Å²) < 4.78 is 6.80. The van der Waals surface area contributed by atoms with Gasteiger partial charge >= 0.3 is 5.97 Å². The number of hydrogen-bond donors (Lipinski definition) is 1. The van der Waals surface area contributed by atoms with Crippen LogP contribution in [0.2, 0.25) is 0 Å². The van der Waals surface area contributed by atoms with Crippen LogP contribution in [0, 0.1) is 6.92 Å². The number of aromatic nitrogens is 1. The van der Waals surface area contributed by atoms with Crippen molar-refractivity contribution >= 4 is 27.5 Å². The van der Waals surface area contributed by atoms with Crippen LogP contribution >= 0.6 is 11.3 Å². The summed E-state index contributed by atoms with van der Waals surface area (Å²) in [5.41, 5.74) is 1.91. The molecule has 1 aromatic heterocycles. The maximum Gasteiger partial charge on any atom is 0.335 e. The van der Waals surface area contributed by atoms with Crippen LogP contribution in [0.5, 0.6) is 10.9 Å². The highest BCUT2D eigenvalue weighted by atomic mass is 32.1. The molecule has 2 aromatic carbocycles. The molecule has 4 nitrogen and oxygen atoms in total. The molecule has 1 N–H and O–H groups in total. The molecule has 3 aromatic rings. The quantitative estimate of drug-likeness (QED) is 0.787. The number of fused-ring (bicyclic) bond motifs is 1. The van der Waals surface area contributed by atoms with Crippen molar-refractivity contribution < 1.29 is 14.6 Å². The Morgan fingerprint density at radius 2 is 2.05 bits per heavy atom. The Hall–Kier alpha value is -2.40. The van der Waals surface area contributed by atoms with E-state index >= 15 is 0 Å². The Kier molecular flexibility index (Phi) is 3.12. The predicted molar refractivity (Wildman–Crippen MR) is 77.8 cm³/mol. The summed E-state index contributed by atoms with van der Waals surface area (Å²) in [4.78, 5) is 15.3. The zero-order valence-electron chi connectivity index (χ0n) is 10.7. The zero-order chi connectivity index (χ0) is 14.1. The lowest BCUT2D eigenvalue weighted by Crippen LogP contribution is -1.97. The van der Waals surface area contributed by atoms with E-state index in [2.05, 4.69) is 4.98 Å². The minimum absolute atomic E-state index is 0.249. The third-order valence-electron chi connectivity index (χ3n) is 2.89. The van der Waals surface area contributed by atoms with Gasteiger partial charge in [-0.15, -0.1) is 0 Å². The Balaban J connectivity index is 1.92. The highest BCUT2D eigenvalue weighted by Crippen LogP contribution is 2.32. The van der Waals surface area contributed by atoms with E-state index in [0.717, 1.165) is 15.8 Å². The van der Waals surface area contributed by atoms with Gasteiger partial charge in [-0.1, -0.05) is 23.5 Å². The average Bonchev–Trinajstić information content (AvgIpc) is 2.83. The van der Waals surface area contributed by atoms with Crippen molar-refractivity contribution in [3.63, 3.8) is 0 Å². The number of carbonyl (C=O) groups is 1. The molecule has 100 valence electrons. The second kappa shape index (κ2) is 4.94. The maximum absolute atomic E-state index is 10.9. The van der Waals surface area contributed by atoms with Crippen LogP contribution in [0.4, 0.5) is 0 Å². The third-order valence-corrected chi connectivity index (χ3v) is 3.81. The van der Waals surface area contributed by atoms with Gasteiger partial charge < -0.3 is 9.84 Å². The molecule has 3 rings (SSSR count). The molecule has 0 radical (unpaired) electrons. The number of carboxylic acids is 1. The van der Waals surface area contributed by atoms with Gasteiger partial charge in [0.25, 0.3) is 5.19 Å². The molecular weight excluding hydrogens is 274 g/mol. The Bertz CT molecular complexity index is 762. The summed E-state index contributed by atoms with van der Waals surface area (Å²) in [6.07, 6.45) is 0. The molecule has 0 aliphatic carbocycles. The van der Waals surface area contributed by atoms with Gasteiger partial charge in [0.05, 0.1) is 15.8 Å². The molecule has 1 heterocycles. The van der Waals surface area contributed by atoms with Crippen LogP contribution in [0.25, 0.3) is 10.2 Å². The number of para-hydroxylation sites is 1. The summed E-state index contributed by atoms with van der Waals surface area (Å²) in [6, 6.07) is 12.6. The van der Waals surface area contributed by atoms with E-state index in [1.54, 1.807) is 12.1 Å². The number of aromatic carboxylic acids is 1. The predicted octanol–water partition coefficient (Wildman–Crippen LogP) is 4.10. The number of carboxylic acid groups (broad SMARTS) is 1. The van der Waals surface area contributed by atoms with Gasteiger partial charge in [0.2, 0.25) is 0 Å². The average molecular weight is 285 g/mol. The summed E-state index contributed by atoms with van der Waals surface area (Å²) >= 11 is 1.46. The van der Waals surface area contributed by atoms with Crippen molar-refractivity contribution in [3.05, 3.63) is 53.6 Å². The molecule has 0 aliphatic rings. The first kappa shape index (κ1) is 12.6. The number of ether oxygens (including phenoxy) is 1. The Morgan fingerprint density at radius 1 is 1.25 bits per heavy atom. The molecule has 0 amide bonds. The van der Waals surface area contributed by atoms with Crippen LogP contribution in [-0.4, -0.2) is 16.1 Å². The third kappa shape index (κ3) is 2.35. The van der Waals surface area contributed by atoms with Crippen molar-refractivity contribution in [2.45, 2.75) is 6.92 Å². The molecule has 0 saturated heterocycles. The summed E-state index contributed by atoms with van der Waals surface area (Å²) in [5.74, 6) is -0.325. The van der Waals surface area contributed by atoms with Crippen molar-refractivity contribution in [1.82, 2.24) is 4.98 Å². The smallest absolute Gasteiger partial charge is 0.335 e. The second-order valence-electron chi connectivity index (χ2n) is 4.33. The molecule has 5 heteroatoms. The first-order chi connectivity index (χ1) is 9.63. The highest BCUT2D eigenvalue weighted by Gasteiger charge is 2.10. The van der Waals surface area contributed by atoms with E-state index in [9.17, 15) is 4.79 Å².